The molecular formula is C25H26N10O2. The highest BCUT2D eigenvalue weighted by Gasteiger charge is 2.17. The number of anilines is 4. The maximum absolute atomic E-state index is 11.9. The Hall–Kier alpha value is -4.84. The summed E-state index contributed by atoms with van der Waals surface area (Å²) in [5, 5.41) is 17.7. The van der Waals surface area contributed by atoms with Crippen LogP contribution in [0.25, 0.3) is 34.1 Å². The molecule has 1 amide bonds. The second-order valence-electron chi connectivity index (χ2n) is 8.16. The van der Waals surface area contributed by atoms with E-state index in [0.29, 0.717) is 71.3 Å². The number of carbonyl (C=O) groups is 1. The van der Waals surface area contributed by atoms with Crippen LogP contribution in [0.15, 0.2) is 59.3 Å². The van der Waals surface area contributed by atoms with Crippen LogP contribution in [0.2, 0.25) is 0 Å². The van der Waals surface area contributed by atoms with E-state index < -0.39 is 0 Å². The van der Waals surface area contributed by atoms with Crippen molar-refractivity contribution in [3.63, 3.8) is 0 Å². The van der Waals surface area contributed by atoms with Crippen molar-refractivity contribution in [2.24, 2.45) is 5.73 Å². The molecule has 0 aliphatic heterocycles. The topological polar surface area (TPSA) is 162 Å². The molecule has 0 unspecified atom stereocenters. The summed E-state index contributed by atoms with van der Waals surface area (Å²) in [6.45, 7) is 5.11. The molecule has 37 heavy (non-hydrogen) atoms. The molecule has 5 N–H and O–H groups in total. The second-order valence-corrected chi connectivity index (χ2v) is 8.16. The molecule has 5 aromatic rings. The molecule has 0 saturated heterocycles. The van der Waals surface area contributed by atoms with Crippen molar-refractivity contribution in [2.45, 2.75) is 20.4 Å². The van der Waals surface area contributed by atoms with Crippen LogP contribution in [-0.4, -0.2) is 48.7 Å². The summed E-state index contributed by atoms with van der Waals surface area (Å²) in [6.07, 6.45) is 1.72. The minimum Gasteiger partial charge on any atom is -0.416 e. The fourth-order valence-corrected chi connectivity index (χ4v) is 3.78. The number of aryl methyl sites for hydroxylation is 1. The van der Waals surface area contributed by atoms with E-state index in [-0.39, 0.29) is 5.91 Å². The lowest BCUT2D eigenvalue weighted by molar-refractivity contribution is -0.114. The molecule has 3 heterocycles. The maximum atomic E-state index is 11.9. The SMILES string of the molecule is CCn1cnc2c(NCCN)nc(Nc3cc(-c4nnc(-c5ccccc5)o4)ccc3NC(C)=O)nc21. The number of nitrogens with zero attached hydrogens (tertiary/aromatic N) is 6. The Morgan fingerprint density at radius 1 is 1.03 bits per heavy atom. The zero-order valence-corrected chi connectivity index (χ0v) is 20.4. The van der Waals surface area contributed by atoms with E-state index in [1.54, 1.807) is 24.5 Å². The van der Waals surface area contributed by atoms with Crippen molar-refractivity contribution in [2.75, 3.05) is 29.0 Å². The molecule has 3 aromatic heterocycles. The van der Waals surface area contributed by atoms with Gasteiger partial charge in [0.15, 0.2) is 17.0 Å². The van der Waals surface area contributed by atoms with E-state index in [0.717, 1.165) is 5.56 Å². The fourth-order valence-electron chi connectivity index (χ4n) is 3.78. The van der Waals surface area contributed by atoms with Gasteiger partial charge in [0.05, 0.1) is 17.7 Å². The first kappa shape index (κ1) is 23.9. The van der Waals surface area contributed by atoms with Gasteiger partial charge < -0.3 is 30.7 Å². The number of benzene rings is 2. The average Bonchev–Trinajstić information content (AvgIpc) is 3.56. The van der Waals surface area contributed by atoms with E-state index in [2.05, 4.69) is 41.1 Å². The molecule has 0 aliphatic rings. The third-order valence-corrected chi connectivity index (χ3v) is 5.51. The predicted octanol–water partition coefficient (Wildman–Crippen LogP) is 3.64. The summed E-state index contributed by atoms with van der Waals surface area (Å²) < 4.78 is 7.84. The average molecular weight is 499 g/mol. The first-order valence-corrected chi connectivity index (χ1v) is 11.8. The largest absolute Gasteiger partial charge is 0.416 e. The Morgan fingerprint density at radius 2 is 1.81 bits per heavy atom. The summed E-state index contributed by atoms with van der Waals surface area (Å²) in [6, 6.07) is 14.9. The molecule has 0 atom stereocenters. The van der Waals surface area contributed by atoms with Gasteiger partial charge in [-0.25, -0.2) is 4.98 Å². The Kier molecular flexibility index (Phi) is 6.72. The number of amides is 1. The molecule has 0 aliphatic carbocycles. The van der Waals surface area contributed by atoms with Crippen molar-refractivity contribution in [1.82, 2.24) is 29.7 Å². The smallest absolute Gasteiger partial charge is 0.248 e. The molecule has 2 aromatic carbocycles. The van der Waals surface area contributed by atoms with Crippen molar-refractivity contribution < 1.29 is 9.21 Å². The van der Waals surface area contributed by atoms with Gasteiger partial charge in [-0.2, -0.15) is 9.97 Å². The third-order valence-electron chi connectivity index (χ3n) is 5.51. The standard InChI is InChI=1S/C25H26N10O2/c1-3-35-14-28-20-21(27-12-11-26)31-25(32-22(20)35)30-19-13-17(9-10-18(19)29-15(2)36)24-34-33-23(37-24)16-7-5-4-6-8-16/h4-10,13-14H,3,11-12,26H2,1-2H3,(H,29,36)(H2,27,30,31,32). The lowest BCUT2D eigenvalue weighted by Gasteiger charge is -2.14. The van der Waals surface area contributed by atoms with Gasteiger partial charge in [0.25, 0.3) is 0 Å². The van der Waals surface area contributed by atoms with Crippen molar-refractivity contribution in [3.05, 3.63) is 54.9 Å². The molecule has 188 valence electrons. The van der Waals surface area contributed by atoms with Crippen molar-refractivity contribution in [1.29, 1.82) is 0 Å². The van der Waals surface area contributed by atoms with E-state index >= 15 is 0 Å². The molecule has 12 heteroatoms. The highest BCUT2D eigenvalue weighted by molar-refractivity contribution is 5.94. The van der Waals surface area contributed by atoms with Gasteiger partial charge >= 0.3 is 0 Å². The molecule has 0 bridgehead atoms. The Bertz CT molecular complexity index is 1540. The number of aromatic nitrogens is 6. The number of nitrogens with two attached hydrogens (primary N) is 1. The Balaban J connectivity index is 1.54. The minimum atomic E-state index is -0.217. The van der Waals surface area contributed by atoms with Crippen LogP contribution in [0, 0.1) is 0 Å². The second kappa shape index (κ2) is 10.4. The number of carbonyl (C=O) groups excluding carboxylic acids is 1. The summed E-state index contributed by atoms with van der Waals surface area (Å²) in [5.74, 6) is 1.41. The molecule has 0 spiro atoms. The molecule has 0 radical (unpaired) electrons. The van der Waals surface area contributed by atoms with Gasteiger partial charge in [0.1, 0.15) is 0 Å². The van der Waals surface area contributed by atoms with Crippen LogP contribution in [0.5, 0.6) is 0 Å². The van der Waals surface area contributed by atoms with E-state index in [9.17, 15) is 4.79 Å². The van der Waals surface area contributed by atoms with Crippen molar-refractivity contribution >= 4 is 40.2 Å². The van der Waals surface area contributed by atoms with Crippen molar-refractivity contribution in [3.8, 4) is 22.9 Å². The number of fused-ring (bicyclic) bond motifs is 1. The fraction of sp³-hybridized carbons (Fsp3) is 0.200. The number of hydrogen-bond acceptors (Lipinski definition) is 10. The van der Waals surface area contributed by atoms with Gasteiger partial charge in [-0.1, -0.05) is 18.2 Å². The third kappa shape index (κ3) is 5.09. The van der Waals surface area contributed by atoms with Gasteiger partial charge in [-0.05, 0) is 37.3 Å². The highest BCUT2D eigenvalue weighted by atomic mass is 16.4. The van der Waals surface area contributed by atoms with E-state index in [1.807, 2.05) is 41.8 Å². The normalized spacial score (nSPS) is 11.0. The zero-order valence-electron chi connectivity index (χ0n) is 20.4. The maximum Gasteiger partial charge on any atom is 0.248 e. The lowest BCUT2D eigenvalue weighted by Crippen LogP contribution is -2.15. The van der Waals surface area contributed by atoms with Crippen LogP contribution in [-0.2, 0) is 11.3 Å². The summed E-state index contributed by atoms with van der Waals surface area (Å²) in [7, 11) is 0. The molecule has 0 fully saturated rings. The van der Waals surface area contributed by atoms with Crippen LogP contribution < -0.4 is 21.7 Å². The van der Waals surface area contributed by atoms with Crippen LogP contribution in [0.3, 0.4) is 0 Å². The first-order valence-electron chi connectivity index (χ1n) is 11.8. The molecule has 0 saturated carbocycles. The quantitative estimate of drug-likeness (QED) is 0.236. The monoisotopic (exact) mass is 498 g/mol. The minimum absolute atomic E-state index is 0.217. The van der Waals surface area contributed by atoms with Crippen LogP contribution >= 0.6 is 0 Å². The molecule has 12 nitrogen and oxygen atoms in total. The van der Waals surface area contributed by atoms with Gasteiger partial charge in [-0.3, -0.25) is 4.79 Å². The summed E-state index contributed by atoms with van der Waals surface area (Å²) in [4.78, 5) is 25.6. The molecular weight excluding hydrogens is 472 g/mol. The van der Waals surface area contributed by atoms with E-state index in [4.69, 9.17) is 10.2 Å². The Labute approximate surface area is 212 Å². The number of nitrogens with one attached hydrogen (secondary N) is 3. The molecule has 5 rings (SSSR count). The summed E-state index contributed by atoms with van der Waals surface area (Å²) in [5.41, 5.74) is 9.58. The Morgan fingerprint density at radius 3 is 2.54 bits per heavy atom. The van der Waals surface area contributed by atoms with Crippen LogP contribution in [0.4, 0.5) is 23.1 Å². The lowest BCUT2D eigenvalue weighted by atomic mass is 10.1. The zero-order chi connectivity index (χ0) is 25.8. The van der Waals surface area contributed by atoms with E-state index in [1.165, 1.54) is 6.92 Å². The number of imidazole rings is 1. The van der Waals surface area contributed by atoms with Crippen LogP contribution in [0.1, 0.15) is 13.8 Å². The van der Waals surface area contributed by atoms with Gasteiger partial charge in [-0.15, -0.1) is 10.2 Å². The predicted molar refractivity (Wildman–Crippen MR) is 141 cm³/mol. The van der Waals surface area contributed by atoms with Gasteiger partial charge in [0.2, 0.25) is 23.6 Å². The summed E-state index contributed by atoms with van der Waals surface area (Å²) >= 11 is 0. The highest BCUT2D eigenvalue weighted by Crippen LogP contribution is 2.32. The van der Waals surface area contributed by atoms with Gasteiger partial charge in [0, 0.05) is 37.7 Å². The number of rotatable bonds is 9. The number of hydrogen-bond donors (Lipinski definition) is 4. The first-order chi connectivity index (χ1) is 18.1.